The molecule has 0 aromatic carbocycles. The molecule has 0 spiro atoms. The van der Waals surface area contributed by atoms with Gasteiger partial charge in [0, 0.05) is 13.3 Å². The van der Waals surface area contributed by atoms with Crippen LogP contribution in [0, 0.1) is 0 Å². The van der Waals surface area contributed by atoms with E-state index in [0.717, 1.165) is 22.9 Å². The van der Waals surface area contributed by atoms with Crippen LogP contribution in [0.1, 0.15) is 0 Å². The first-order valence-corrected chi connectivity index (χ1v) is 5.93. The fraction of sp³-hybridized carbons (Fsp3) is 0.400. The van der Waals surface area contributed by atoms with Gasteiger partial charge < -0.3 is 9.30 Å². The summed E-state index contributed by atoms with van der Waals surface area (Å²) >= 11 is 1.63. The fourth-order valence-corrected chi connectivity index (χ4v) is 2.07. The van der Waals surface area contributed by atoms with Gasteiger partial charge in [-0.25, -0.2) is 9.97 Å². The molecule has 0 radical (unpaired) electrons. The lowest BCUT2D eigenvalue weighted by atomic mass is 10.4. The molecule has 2 aromatic heterocycles. The SMILES string of the molecule is COCCn1c(SC)nc2cccnc21. The third-order valence-corrected chi connectivity index (χ3v) is 2.85. The Balaban J connectivity index is 2.47. The average Bonchev–Trinajstić information content (AvgIpc) is 2.64. The van der Waals surface area contributed by atoms with Crippen molar-refractivity contribution in [3.63, 3.8) is 0 Å². The molecule has 0 atom stereocenters. The summed E-state index contributed by atoms with van der Waals surface area (Å²) in [5.41, 5.74) is 1.87. The molecular weight excluding hydrogens is 210 g/mol. The predicted molar refractivity (Wildman–Crippen MR) is 61.2 cm³/mol. The molecule has 0 bridgehead atoms. The summed E-state index contributed by atoms with van der Waals surface area (Å²) in [4.78, 5) is 8.83. The first-order chi connectivity index (χ1) is 7.36. The van der Waals surface area contributed by atoms with Crippen LogP contribution in [0.4, 0.5) is 0 Å². The number of pyridine rings is 1. The van der Waals surface area contributed by atoms with E-state index in [4.69, 9.17) is 4.74 Å². The van der Waals surface area contributed by atoms with Crippen LogP contribution in [0.3, 0.4) is 0 Å². The number of nitrogens with zero attached hydrogens (tertiary/aromatic N) is 3. The zero-order valence-corrected chi connectivity index (χ0v) is 9.62. The van der Waals surface area contributed by atoms with E-state index in [1.165, 1.54) is 0 Å². The highest BCUT2D eigenvalue weighted by atomic mass is 32.2. The van der Waals surface area contributed by atoms with Gasteiger partial charge >= 0.3 is 0 Å². The van der Waals surface area contributed by atoms with Crippen molar-refractivity contribution in [1.29, 1.82) is 0 Å². The van der Waals surface area contributed by atoms with Gasteiger partial charge in [0.05, 0.1) is 13.2 Å². The lowest BCUT2D eigenvalue weighted by molar-refractivity contribution is 0.186. The highest BCUT2D eigenvalue weighted by molar-refractivity contribution is 7.98. The monoisotopic (exact) mass is 223 g/mol. The molecule has 4 nitrogen and oxygen atoms in total. The Morgan fingerprint density at radius 1 is 1.53 bits per heavy atom. The van der Waals surface area contributed by atoms with Gasteiger partial charge in [0.25, 0.3) is 0 Å². The topological polar surface area (TPSA) is 39.9 Å². The quantitative estimate of drug-likeness (QED) is 0.741. The molecule has 2 heterocycles. The molecule has 80 valence electrons. The van der Waals surface area contributed by atoms with Crippen molar-refractivity contribution in [2.24, 2.45) is 0 Å². The zero-order chi connectivity index (χ0) is 10.7. The Kier molecular flexibility index (Phi) is 3.23. The summed E-state index contributed by atoms with van der Waals surface area (Å²) in [5, 5.41) is 0.987. The maximum Gasteiger partial charge on any atom is 0.170 e. The van der Waals surface area contributed by atoms with Crippen molar-refractivity contribution < 1.29 is 4.74 Å². The Hall–Kier alpha value is -1.07. The van der Waals surface area contributed by atoms with E-state index in [1.54, 1.807) is 25.1 Å². The average molecular weight is 223 g/mol. The Morgan fingerprint density at radius 2 is 2.40 bits per heavy atom. The van der Waals surface area contributed by atoms with Crippen LogP contribution in [-0.4, -0.2) is 34.5 Å². The van der Waals surface area contributed by atoms with E-state index in [-0.39, 0.29) is 0 Å². The van der Waals surface area contributed by atoms with Crippen LogP contribution >= 0.6 is 11.8 Å². The predicted octanol–water partition coefficient (Wildman–Crippen LogP) is 1.80. The second kappa shape index (κ2) is 4.63. The van der Waals surface area contributed by atoms with Gasteiger partial charge in [0.1, 0.15) is 5.52 Å². The molecule has 0 unspecified atom stereocenters. The summed E-state index contributed by atoms with van der Waals surface area (Å²) < 4.78 is 7.16. The molecule has 5 heteroatoms. The summed E-state index contributed by atoms with van der Waals surface area (Å²) in [6, 6.07) is 3.88. The van der Waals surface area contributed by atoms with Crippen molar-refractivity contribution >= 4 is 22.9 Å². The van der Waals surface area contributed by atoms with Crippen molar-refractivity contribution in [3.8, 4) is 0 Å². The Morgan fingerprint density at radius 3 is 3.13 bits per heavy atom. The molecule has 0 amide bonds. The maximum atomic E-state index is 5.08. The minimum atomic E-state index is 0.676. The van der Waals surface area contributed by atoms with Crippen LogP contribution in [0.25, 0.3) is 11.2 Å². The largest absolute Gasteiger partial charge is 0.383 e. The number of imidazole rings is 1. The molecule has 2 rings (SSSR count). The third-order valence-electron chi connectivity index (χ3n) is 2.17. The second-order valence-electron chi connectivity index (χ2n) is 3.09. The van der Waals surface area contributed by atoms with E-state index in [0.29, 0.717) is 6.61 Å². The van der Waals surface area contributed by atoms with Crippen LogP contribution in [-0.2, 0) is 11.3 Å². The van der Waals surface area contributed by atoms with Crippen molar-refractivity contribution in [2.45, 2.75) is 11.7 Å². The van der Waals surface area contributed by atoms with Crippen molar-refractivity contribution in [3.05, 3.63) is 18.3 Å². The van der Waals surface area contributed by atoms with Crippen LogP contribution < -0.4 is 0 Å². The number of fused-ring (bicyclic) bond motifs is 1. The molecule has 15 heavy (non-hydrogen) atoms. The zero-order valence-electron chi connectivity index (χ0n) is 8.80. The molecule has 0 saturated carbocycles. The lowest BCUT2D eigenvalue weighted by Gasteiger charge is -2.05. The van der Waals surface area contributed by atoms with Crippen LogP contribution in [0.5, 0.6) is 0 Å². The number of rotatable bonds is 4. The first-order valence-electron chi connectivity index (χ1n) is 4.71. The highest BCUT2D eigenvalue weighted by Gasteiger charge is 2.09. The molecule has 0 aliphatic heterocycles. The van der Waals surface area contributed by atoms with Gasteiger partial charge in [-0.3, -0.25) is 0 Å². The number of aromatic nitrogens is 3. The number of hydrogen-bond acceptors (Lipinski definition) is 4. The normalized spacial score (nSPS) is 11.1. The number of methoxy groups -OCH3 is 1. The Labute approximate surface area is 92.7 Å². The van der Waals surface area contributed by atoms with Gasteiger partial charge in [0.2, 0.25) is 0 Å². The summed E-state index contributed by atoms with van der Waals surface area (Å²) in [7, 11) is 1.70. The third kappa shape index (κ3) is 1.98. The van der Waals surface area contributed by atoms with Gasteiger partial charge in [-0.1, -0.05) is 11.8 Å². The molecule has 0 aliphatic carbocycles. The van der Waals surface area contributed by atoms with Crippen LogP contribution in [0.2, 0.25) is 0 Å². The second-order valence-corrected chi connectivity index (χ2v) is 3.86. The minimum Gasteiger partial charge on any atom is -0.383 e. The Bertz CT molecular complexity index is 455. The highest BCUT2D eigenvalue weighted by Crippen LogP contribution is 2.20. The number of ether oxygens (including phenoxy) is 1. The van der Waals surface area contributed by atoms with E-state index in [1.807, 2.05) is 18.4 Å². The van der Waals surface area contributed by atoms with E-state index >= 15 is 0 Å². The van der Waals surface area contributed by atoms with Gasteiger partial charge in [-0.05, 0) is 18.4 Å². The molecule has 0 fully saturated rings. The smallest absolute Gasteiger partial charge is 0.170 e. The standard InChI is InChI=1S/C10H13N3OS/c1-14-7-6-13-9-8(4-3-5-11-9)12-10(13)15-2/h3-5H,6-7H2,1-2H3. The number of hydrogen-bond donors (Lipinski definition) is 0. The first kappa shape index (κ1) is 10.4. The number of thioether (sulfide) groups is 1. The maximum absolute atomic E-state index is 5.08. The molecular formula is C10H13N3OS. The van der Waals surface area contributed by atoms with Crippen molar-refractivity contribution in [1.82, 2.24) is 14.5 Å². The minimum absolute atomic E-state index is 0.676. The molecule has 0 aliphatic rings. The van der Waals surface area contributed by atoms with Gasteiger partial charge in [0.15, 0.2) is 10.8 Å². The van der Waals surface area contributed by atoms with E-state index in [2.05, 4.69) is 14.5 Å². The van der Waals surface area contributed by atoms with E-state index < -0.39 is 0 Å². The summed E-state index contributed by atoms with van der Waals surface area (Å²) in [6.07, 6.45) is 3.81. The molecule has 2 aromatic rings. The summed E-state index contributed by atoms with van der Waals surface area (Å²) in [6.45, 7) is 1.47. The fourth-order valence-electron chi connectivity index (χ4n) is 1.48. The van der Waals surface area contributed by atoms with Gasteiger partial charge in [-0.15, -0.1) is 0 Å². The van der Waals surface area contributed by atoms with Crippen LogP contribution in [0.15, 0.2) is 23.5 Å². The lowest BCUT2D eigenvalue weighted by Crippen LogP contribution is -2.05. The molecule has 0 saturated heterocycles. The van der Waals surface area contributed by atoms with Crippen molar-refractivity contribution in [2.75, 3.05) is 20.0 Å². The van der Waals surface area contributed by atoms with Gasteiger partial charge in [-0.2, -0.15) is 0 Å². The summed E-state index contributed by atoms with van der Waals surface area (Å²) in [5.74, 6) is 0. The molecule has 0 N–H and O–H groups in total. The van der Waals surface area contributed by atoms with E-state index in [9.17, 15) is 0 Å².